The van der Waals surface area contributed by atoms with Crippen molar-refractivity contribution in [1.29, 1.82) is 0 Å². The first kappa shape index (κ1) is 20.6. The first-order valence-electron chi connectivity index (χ1n) is 8.85. The van der Waals surface area contributed by atoms with E-state index in [1.807, 2.05) is 9.47 Å². The molecule has 0 aromatic carbocycles. The fourth-order valence-electron chi connectivity index (χ4n) is 2.40. The van der Waals surface area contributed by atoms with Crippen LogP contribution >= 0.6 is 9.47 Å². The van der Waals surface area contributed by atoms with E-state index in [0.29, 0.717) is 6.42 Å². The highest BCUT2D eigenvalue weighted by Gasteiger charge is 1.98. The van der Waals surface area contributed by atoms with Gasteiger partial charge >= 0.3 is 5.97 Å². The Morgan fingerprint density at radius 1 is 0.810 bits per heavy atom. The van der Waals surface area contributed by atoms with Crippen molar-refractivity contribution in [3.8, 4) is 0 Å². The second-order valence-corrected chi connectivity index (χ2v) is 6.06. The molecule has 1 atom stereocenters. The van der Waals surface area contributed by atoms with Crippen LogP contribution < -0.4 is 0 Å². The van der Waals surface area contributed by atoms with E-state index in [2.05, 4.69) is 23.6 Å². The molecule has 1 unspecified atom stereocenters. The maximum Gasteiger partial charge on any atom is 0.307 e. The van der Waals surface area contributed by atoms with Crippen LogP contribution in [0, 0.1) is 0 Å². The third kappa shape index (κ3) is 17.6. The smallest absolute Gasteiger partial charge is 0.307 e. The summed E-state index contributed by atoms with van der Waals surface area (Å²) in [6.07, 6.45) is 21.9. The van der Waals surface area contributed by atoms with Crippen molar-refractivity contribution >= 4 is 15.4 Å². The number of unbranched alkanes of at least 4 members (excludes halogenated alkanes) is 11. The quantitative estimate of drug-likeness (QED) is 0.200. The Balaban J connectivity index is 3.10. The highest BCUT2D eigenvalue weighted by molar-refractivity contribution is 7.10. The fraction of sp³-hybridized carbons (Fsp3) is 0.833. The molecule has 0 saturated heterocycles. The van der Waals surface area contributed by atoms with E-state index in [-0.39, 0.29) is 5.97 Å². The lowest BCUT2D eigenvalue weighted by atomic mass is 10.1. The van der Waals surface area contributed by atoms with Gasteiger partial charge in [0, 0.05) is 6.42 Å². The lowest BCUT2D eigenvalue weighted by molar-refractivity contribution is -0.133. The van der Waals surface area contributed by atoms with Crippen LogP contribution in [0.5, 0.6) is 0 Å². The lowest BCUT2D eigenvalue weighted by Crippen LogP contribution is -1.95. The van der Waals surface area contributed by atoms with Gasteiger partial charge in [0.05, 0.1) is 9.47 Å². The van der Waals surface area contributed by atoms with Crippen LogP contribution in [-0.2, 0) is 9.32 Å². The van der Waals surface area contributed by atoms with Crippen molar-refractivity contribution in [2.45, 2.75) is 96.8 Å². The summed E-state index contributed by atoms with van der Waals surface area (Å²) in [5, 5.41) is 0. The molecule has 0 aromatic rings. The minimum Gasteiger partial charge on any atom is -0.452 e. The molecule has 0 aliphatic rings. The molecule has 124 valence electrons. The van der Waals surface area contributed by atoms with Gasteiger partial charge in [-0.05, 0) is 32.1 Å². The van der Waals surface area contributed by atoms with E-state index in [0.717, 1.165) is 12.8 Å². The molecule has 0 aromatic heterocycles. The molecule has 0 aliphatic heterocycles. The number of rotatable bonds is 15. The topological polar surface area (TPSA) is 26.3 Å². The molecule has 21 heavy (non-hydrogen) atoms. The zero-order valence-electron chi connectivity index (χ0n) is 13.9. The van der Waals surface area contributed by atoms with Crippen LogP contribution in [0.2, 0.25) is 0 Å². The van der Waals surface area contributed by atoms with E-state index in [4.69, 9.17) is 0 Å². The van der Waals surface area contributed by atoms with Gasteiger partial charge in [0.2, 0.25) is 0 Å². The van der Waals surface area contributed by atoms with Gasteiger partial charge in [-0.2, -0.15) is 0 Å². The van der Waals surface area contributed by atoms with Gasteiger partial charge in [-0.15, -0.1) is 0 Å². The molecule has 0 rings (SSSR count). The maximum absolute atomic E-state index is 10.9. The van der Waals surface area contributed by atoms with Gasteiger partial charge < -0.3 is 4.52 Å². The molecule has 0 N–H and O–H groups in total. The summed E-state index contributed by atoms with van der Waals surface area (Å²) in [5.41, 5.74) is 0. The Labute approximate surface area is 134 Å². The Hall–Kier alpha value is -0.360. The number of hydrogen-bond acceptors (Lipinski definition) is 2. The monoisotopic (exact) mass is 314 g/mol. The van der Waals surface area contributed by atoms with Crippen LogP contribution in [-0.4, -0.2) is 5.97 Å². The molecular formula is C18H35O2P. The molecule has 0 bridgehead atoms. The summed E-state index contributed by atoms with van der Waals surface area (Å²) in [5.74, 6) is -0.113. The molecule has 0 radical (unpaired) electrons. The summed E-state index contributed by atoms with van der Waals surface area (Å²) in [6.45, 7) is 2.26. The third-order valence-corrected chi connectivity index (χ3v) is 4.04. The SMILES string of the molecule is CCCCCCCC/C=C/CCCCCCCC(=O)OP. The molecular weight excluding hydrogens is 279 g/mol. The highest BCUT2D eigenvalue weighted by Crippen LogP contribution is 2.10. The third-order valence-electron chi connectivity index (χ3n) is 3.77. The normalized spacial score (nSPS) is 11.1. The number of carbonyl (C=O) groups is 1. The molecule has 0 fully saturated rings. The Morgan fingerprint density at radius 3 is 1.81 bits per heavy atom. The predicted molar refractivity (Wildman–Crippen MR) is 95.3 cm³/mol. The van der Waals surface area contributed by atoms with Crippen LogP contribution in [0.4, 0.5) is 0 Å². The Bertz CT molecular complexity index is 252. The van der Waals surface area contributed by atoms with Crippen LogP contribution in [0.3, 0.4) is 0 Å². The summed E-state index contributed by atoms with van der Waals surface area (Å²) >= 11 is 0. The molecule has 3 heteroatoms. The summed E-state index contributed by atoms with van der Waals surface area (Å²) in [6, 6.07) is 0. The van der Waals surface area contributed by atoms with Crippen molar-refractivity contribution in [3.05, 3.63) is 12.2 Å². The van der Waals surface area contributed by atoms with Gasteiger partial charge in [0.1, 0.15) is 0 Å². The molecule has 0 aliphatic carbocycles. The largest absolute Gasteiger partial charge is 0.452 e. The van der Waals surface area contributed by atoms with Crippen molar-refractivity contribution < 1.29 is 9.32 Å². The van der Waals surface area contributed by atoms with E-state index >= 15 is 0 Å². The van der Waals surface area contributed by atoms with Crippen LogP contribution in [0.1, 0.15) is 96.8 Å². The van der Waals surface area contributed by atoms with Crippen LogP contribution in [0.25, 0.3) is 0 Å². The van der Waals surface area contributed by atoms with Gasteiger partial charge in [-0.1, -0.05) is 70.4 Å². The summed E-state index contributed by atoms with van der Waals surface area (Å²) in [4.78, 5) is 10.9. The van der Waals surface area contributed by atoms with Gasteiger partial charge in [-0.3, -0.25) is 4.79 Å². The van der Waals surface area contributed by atoms with Gasteiger partial charge in [0.25, 0.3) is 0 Å². The zero-order chi connectivity index (χ0) is 15.6. The van der Waals surface area contributed by atoms with Gasteiger partial charge in [0.15, 0.2) is 0 Å². The number of allylic oxidation sites excluding steroid dienone is 2. The van der Waals surface area contributed by atoms with Gasteiger partial charge in [-0.25, -0.2) is 0 Å². The Morgan fingerprint density at radius 2 is 1.29 bits per heavy atom. The van der Waals surface area contributed by atoms with E-state index in [1.165, 1.54) is 70.6 Å². The first-order valence-corrected chi connectivity index (χ1v) is 9.33. The minimum absolute atomic E-state index is 0.113. The predicted octanol–water partition coefficient (Wildman–Crippen LogP) is 6.36. The van der Waals surface area contributed by atoms with Crippen molar-refractivity contribution in [2.24, 2.45) is 0 Å². The second-order valence-electron chi connectivity index (χ2n) is 5.82. The average Bonchev–Trinajstić information content (AvgIpc) is 2.50. The maximum atomic E-state index is 10.9. The first-order chi connectivity index (χ1) is 10.3. The zero-order valence-corrected chi connectivity index (χ0v) is 15.1. The molecule has 2 nitrogen and oxygen atoms in total. The molecule has 0 saturated carbocycles. The molecule has 0 heterocycles. The highest BCUT2D eigenvalue weighted by atomic mass is 31.0. The average molecular weight is 314 g/mol. The molecule has 0 amide bonds. The number of hydrogen-bond donors (Lipinski definition) is 0. The number of carbonyl (C=O) groups excluding carboxylic acids is 1. The van der Waals surface area contributed by atoms with Crippen molar-refractivity contribution in [3.63, 3.8) is 0 Å². The summed E-state index contributed by atoms with van der Waals surface area (Å²) < 4.78 is 4.54. The molecule has 0 spiro atoms. The Kier molecular flexibility index (Phi) is 17.4. The van der Waals surface area contributed by atoms with Crippen molar-refractivity contribution in [2.75, 3.05) is 0 Å². The minimum atomic E-state index is -0.113. The lowest BCUT2D eigenvalue weighted by Gasteiger charge is -2.00. The van der Waals surface area contributed by atoms with Crippen molar-refractivity contribution in [1.82, 2.24) is 0 Å². The summed E-state index contributed by atoms with van der Waals surface area (Å²) in [7, 11) is 2.01. The standard InChI is InChI=1S/C18H35O2P/c1-2-3-4-5-6-7-8-9-10-11-12-13-14-15-16-17-18(19)20-21/h9-10H,2-8,11-17,21H2,1H3/b10-9+. The van der Waals surface area contributed by atoms with E-state index < -0.39 is 0 Å². The fourth-order valence-corrected chi connectivity index (χ4v) is 2.52. The van der Waals surface area contributed by atoms with E-state index in [9.17, 15) is 4.79 Å². The van der Waals surface area contributed by atoms with E-state index in [1.54, 1.807) is 0 Å². The second kappa shape index (κ2) is 17.7. The van der Waals surface area contributed by atoms with Crippen LogP contribution in [0.15, 0.2) is 12.2 Å².